The quantitative estimate of drug-likeness (QED) is 0.892. The van der Waals surface area contributed by atoms with Crippen molar-refractivity contribution < 1.29 is 13.2 Å². The van der Waals surface area contributed by atoms with Gasteiger partial charge in [0.15, 0.2) is 0 Å². The first kappa shape index (κ1) is 15.4. The number of hydrogen-bond donors (Lipinski definition) is 1. The molecular weight excluding hydrogens is 283 g/mol. The Morgan fingerprint density at radius 1 is 1.24 bits per heavy atom. The van der Waals surface area contributed by atoms with Crippen LogP contribution < -0.4 is 5.32 Å². The summed E-state index contributed by atoms with van der Waals surface area (Å²) >= 11 is 0. The third-order valence-corrected chi connectivity index (χ3v) is 2.91. The highest BCUT2D eigenvalue weighted by Gasteiger charge is 2.28. The van der Waals surface area contributed by atoms with Crippen molar-refractivity contribution in [2.24, 2.45) is 0 Å². The molecule has 0 aliphatic rings. The molecule has 2 heterocycles. The summed E-state index contributed by atoms with van der Waals surface area (Å²) in [5, 5.41) is 11.2. The number of alkyl halides is 3. The van der Waals surface area contributed by atoms with Crippen LogP contribution in [-0.4, -0.2) is 25.7 Å². The van der Waals surface area contributed by atoms with Crippen molar-refractivity contribution in [3.05, 3.63) is 29.8 Å². The maximum absolute atomic E-state index is 12.2. The minimum absolute atomic E-state index is 0.413. The number of aromatic nitrogens is 4. The summed E-state index contributed by atoms with van der Waals surface area (Å²) in [4.78, 5) is 0. The summed E-state index contributed by atoms with van der Waals surface area (Å²) in [6.45, 7) is 4.14. The van der Waals surface area contributed by atoms with Crippen LogP contribution in [0.2, 0.25) is 0 Å². The zero-order valence-corrected chi connectivity index (χ0v) is 12.0. The molecule has 2 aromatic rings. The van der Waals surface area contributed by atoms with Crippen LogP contribution in [0.1, 0.15) is 24.6 Å². The topological polar surface area (TPSA) is 47.7 Å². The Morgan fingerprint density at radius 3 is 2.67 bits per heavy atom. The molecule has 0 aliphatic carbocycles. The van der Waals surface area contributed by atoms with Gasteiger partial charge in [0.1, 0.15) is 6.54 Å². The smallest absolute Gasteiger partial charge is 0.378 e. The SMILES string of the molecule is CCCn1cc(NCc2cnn(CC(F)(F)F)c2)c(C)n1. The molecule has 0 bridgehead atoms. The van der Waals surface area contributed by atoms with Crippen LogP contribution in [0.15, 0.2) is 18.6 Å². The summed E-state index contributed by atoms with van der Waals surface area (Å²) in [5.74, 6) is 0. The largest absolute Gasteiger partial charge is 0.408 e. The summed E-state index contributed by atoms with van der Waals surface area (Å²) in [7, 11) is 0. The average molecular weight is 301 g/mol. The summed E-state index contributed by atoms with van der Waals surface area (Å²) in [6.07, 6.45) is 1.47. The second-order valence-corrected chi connectivity index (χ2v) is 4.91. The van der Waals surface area contributed by atoms with Crippen LogP contribution in [-0.2, 0) is 19.6 Å². The Bertz CT molecular complexity index is 585. The number of hydrogen-bond acceptors (Lipinski definition) is 3. The van der Waals surface area contributed by atoms with Crippen LogP contribution >= 0.6 is 0 Å². The van der Waals surface area contributed by atoms with E-state index in [-0.39, 0.29) is 0 Å². The molecule has 2 aromatic heterocycles. The highest BCUT2D eigenvalue weighted by Crippen LogP contribution is 2.18. The lowest BCUT2D eigenvalue weighted by molar-refractivity contribution is -0.142. The number of nitrogens with zero attached hydrogens (tertiary/aromatic N) is 4. The Balaban J connectivity index is 1.94. The summed E-state index contributed by atoms with van der Waals surface area (Å²) < 4.78 is 39.5. The number of aryl methyl sites for hydroxylation is 2. The van der Waals surface area contributed by atoms with Crippen molar-refractivity contribution in [1.29, 1.82) is 0 Å². The molecule has 0 aliphatic heterocycles. The second kappa shape index (κ2) is 6.19. The minimum Gasteiger partial charge on any atom is -0.378 e. The third-order valence-electron chi connectivity index (χ3n) is 2.91. The fourth-order valence-electron chi connectivity index (χ4n) is 2.00. The number of nitrogens with one attached hydrogen (secondary N) is 1. The zero-order valence-electron chi connectivity index (χ0n) is 12.0. The molecule has 0 saturated heterocycles. The van der Waals surface area contributed by atoms with Gasteiger partial charge in [-0.25, -0.2) is 0 Å². The van der Waals surface area contributed by atoms with E-state index in [9.17, 15) is 13.2 Å². The van der Waals surface area contributed by atoms with Crippen LogP contribution in [0, 0.1) is 6.92 Å². The number of anilines is 1. The standard InChI is InChI=1S/C13H18F3N5/c1-3-4-20-8-12(10(2)19-20)17-5-11-6-18-21(7-11)9-13(14,15)16/h6-8,17H,3-5,9H2,1-2H3. The minimum atomic E-state index is -4.26. The number of halogens is 3. The van der Waals surface area contributed by atoms with Crippen molar-refractivity contribution in [3.63, 3.8) is 0 Å². The van der Waals surface area contributed by atoms with Gasteiger partial charge >= 0.3 is 6.18 Å². The molecule has 0 fully saturated rings. The monoisotopic (exact) mass is 301 g/mol. The average Bonchev–Trinajstić information content (AvgIpc) is 2.92. The van der Waals surface area contributed by atoms with Crippen LogP contribution in [0.3, 0.4) is 0 Å². The van der Waals surface area contributed by atoms with Gasteiger partial charge in [-0.15, -0.1) is 0 Å². The van der Waals surface area contributed by atoms with Gasteiger partial charge in [-0.3, -0.25) is 9.36 Å². The second-order valence-electron chi connectivity index (χ2n) is 4.91. The molecule has 21 heavy (non-hydrogen) atoms. The van der Waals surface area contributed by atoms with Crippen molar-refractivity contribution in [1.82, 2.24) is 19.6 Å². The Morgan fingerprint density at radius 2 is 2.00 bits per heavy atom. The van der Waals surface area contributed by atoms with E-state index < -0.39 is 12.7 Å². The first-order valence-electron chi connectivity index (χ1n) is 6.73. The maximum Gasteiger partial charge on any atom is 0.408 e. The van der Waals surface area contributed by atoms with E-state index in [2.05, 4.69) is 22.4 Å². The first-order valence-corrected chi connectivity index (χ1v) is 6.73. The van der Waals surface area contributed by atoms with E-state index in [4.69, 9.17) is 0 Å². The predicted molar refractivity (Wildman–Crippen MR) is 72.9 cm³/mol. The van der Waals surface area contributed by atoms with E-state index in [1.54, 1.807) is 0 Å². The fourth-order valence-corrected chi connectivity index (χ4v) is 2.00. The van der Waals surface area contributed by atoms with E-state index in [1.807, 2.05) is 17.8 Å². The predicted octanol–water partition coefficient (Wildman–Crippen LogP) is 2.97. The normalized spacial score (nSPS) is 11.9. The van der Waals surface area contributed by atoms with E-state index in [1.165, 1.54) is 12.4 Å². The highest BCUT2D eigenvalue weighted by molar-refractivity contribution is 5.45. The highest BCUT2D eigenvalue weighted by atomic mass is 19.4. The van der Waals surface area contributed by atoms with Gasteiger partial charge in [0.25, 0.3) is 0 Å². The molecular formula is C13H18F3N5. The summed E-state index contributed by atoms with van der Waals surface area (Å²) in [6, 6.07) is 0. The van der Waals surface area contributed by atoms with Crippen molar-refractivity contribution in [3.8, 4) is 0 Å². The van der Waals surface area contributed by atoms with Gasteiger partial charge in [-0.05, 0) is 13.3 Å². The van der Waals surface area contributed by atoms with E-state index in [0.29, 0.717) is 12.1 Å². The van der Waals surface area contributed by atoms with Crippen LogP contribution in [0.5, 0.6) is 0 Å². The molecule has 0 spiro atoms. The molecule has 116 valence electrons. The molecule has 5 nitrogen and oxygen atoms in total. The zero-order chi connectivity index (χ0) is 15.5. The van der Waals surface area contributed by atoms with Gasteiger partial charge in [0.2, 0.25) is 0 Å². The van der Waals surface area contributed by atoms with Gasteiger partial charge in [0.05, 0.1) is 17.6 Å². The lowest BCUT2D eigenvalue weighted by Gasteiger charge is -2.05. The number of rotatable bonds is 6. The van der Waals surface area contributed by atoms with Gasteiger partial charge in [-0.1, -0.05) is 6.92 Å². The molecule has 0 radical (unpaired) electrons. The lowest BCUT2D eigenvalue weighted by atomic mass is 10.3. The lowest BCUT2D eigenvalue weighted by Crippen LogP contribution is -2.17. The van der Waals surface area contributed by atoms with Crippen molar-refractivity contribution in [2.45, 2.75) is 46.1 Å². The van der Waals surface area contributed by atoms with E-state index >= 15 is 0 Å². The Labute approximate surface area is 120 Å². The molecule has 2 rings (SSSR count). The third kappa shape index (κ3) is 4.51. The van der Waals surface area contributed by atoms with Crippen LogP contribution in [0.4, 0.5) is 18.9 Å². The molecule has 1 N–H and O–H groups in total. The Hall–Kier alpha value is -1.99. The Kier molecular flexibility index (Phi) is 4.54. The van der Waals surface area contributed by atoms with E-state index in [0.717, 1.165) is 29.0 Å². The molecule has 0 saturated carbocycles. The molecule has 0 atom stereocenters. The molecule has 0 amide bonds. The van der Waals surface area contributed by atoms with Crippen molar-refractivity contribution >= 4 is 5.69 Å². The summed E-state index contributed by atoms with van der Waals surface area (Å²) in [5.41, 5.74) is 2.44. The molecule has 8 heteroatoms. The molecule has 0 aromatic carbocycles. The van der Waals surface area contributed by atoms with Gasteiger partial charge in [0, 0.05) is 31.0 Å². The molecule has 0 unspecified atom stereocenters. The van der Waals surface area contributed by atoms with Gasteiger partial charge in [-0.2, -0.15) is 23.4 Å². The van der Waals surface area contributed by atoms with Crippen LogP contribution in [0.25, 0.3) is 0 Å². The fraction of sp³-hybridized carbons (Fsp3) is 0.538. The maximum atomic E-state index is 12.2. The van der Waals surface area contributed by atoms with Crippen molar-refractivity contribution in [2.75, 3.05) is 5.32 Å². The first-order chi connectivity index (χ1) is 9.87. The van der Waals surface area contributed by atoms with Gasteiger partial charge < -0.3 is 5.32 Å².